The first-order valence-corrected chi connectivity index (χ1v) is 4.15. The Labute approximate surface area is 68.6 Å². The second-order valence-electron chi connectivity index (χ2n) is 2.56. The average Bonchev–Trinajstić information content (AvgIpc) is 2.08. The van der Waals surface area contributed by atoms with Crippen LogP contribution in [0.1, 0.15) is 19.3 Å². The Bertz CT molecular complexity index is 170. The van der Waals surface area contributed by atoms with Gasteiger partial charge in [0.2, 0.25) is 0 Å². The van der Waals surface area contributed by atoms with Gasteiger partial charge in [-0.25, -0.2) is 0 Å². The molecule has 0 heteroatoms. The van der Waals surface area contributed by atoms with E-state index in [2.05, 4.69) is 36.5 Å². The number of allylic oxidation sites excluding steroid dienone is 8. The van der Waals surface area contributed by atoms with E-state index in [4.69, 9.17) is 0 Å². The van der Waals surface area contributed by atoms with E-state index in [1.807, 2.05) is 12.2 Å². The predicted molar refractivity (Wildman–Crippen MR) is 50.4 cm³/mol. The Morgan fingerprint density at radius 2 is 1.00 bits per heavy atom. The number of hydrogen-bond donors (Lipinski definition) is 0. The third-order valence-electron chi connectivity index (χ3n) is 1.57. The van der Waals surface area contributed by atoms with Crippen LogP contribution in [0.3, 0.4) is 0 Å². The predicted octanol–water partition coefficient (Wildman–Crippen LogP) is 3.40. The van der Waals surface area contributed by atoms with E-state index >= 15 is 0 Å². The summed E-state index contributed by atoms with van der Waals surface area (Å²) in [6.45, 7) is 0. The topological polar surface area (TPSA) is 0 Å². The first-order valence-electron chi connectivity index (χ1n) is 4.15. The second kappa shape index (κ2) is 5.72. The summed E-state index contributed by atoms with van der Waals surface area (Å²) in [6, 6.07) is 0. The highest BCUT2D eigenvalue weighted by atomic mass is 13.9. The lowest BCUT2D eigenvalue weighted by Gasteiger charge is -1.87. The molecule has 0 radical (unpaired) electrons. The molecule has 0 saturated carbocycles. The molecule has 0 amide bonds. The van der Waals surface area contributed by atoms with E-state index in [0.29, 0.717) is 0 Å². The molecule has 0 bridgehead atoms. The van der Waals surface area contributed by atoms with E-state index in [-0.39, 0.29) is 0 Å². The van der Waals surface area contributed by atoms with E-state index in [0.717, 1.165) is 0 Å². The van der Waals surface area contributed by atoms with Crippen LogP contribution in [0.15, 0.2) is 48.6 Å². The molecule has 0 unspecified atom stereocenters. The van der Waals surface area contributed by atoms with Gasteiger partial charge < -0.3 is 0 Å². The summed E-state index contributed by atoms with van der Waals surface area (Å²) in [5.74, 6) is 0. The molecule has 0 heterocycles. The minimum atomic E-state index is 1.19. The maximum absolute atomic E-state index is 2.21. The summed E-state index contributed by atoms with van der Waals surface area (Å²) in [4.78, 5) is 0. The van der Waals surface area contributed by atoms with E-state index in [9.17, 15) is 0 Å². The SMILES string of the molecule is C1=CCCCC=C/C=C/C=C\1. The molecule has 0 nitrogen and oxygen atoms in total. The third-order valence-corrected chi connectivity index (χ3v) is 1.57. The van der Waals surface area contributed by atoms with Crippen molar-refractivity contribution in [3.05, 3.63) is 48.6 Å². The van der Waals surface area contributed by atoms with Crippen LogP contribution in [0, 0.1) is 0 Å². The van der Waals surface area contributed by atoms with Gasteiger partial charge in [-0.1, -0.05) is 48.6 Å². The van der Waals surface area contributed by atoms with Gasteiger partial charge in [-0.2, -0.15) is 0 Å². The lowest BCUT2D eigenvalue weighted by atomic mass is 10.2. The van der Waals surface area contributed by atoms with Crippen molar-refractivity contribution in [3.63, 3.8) is 0 Å². The quantitative estimate of drug-likeness (QED) is 0.491. The molecule has 0 fully saturated rings. The van der Waals surface area contributed by atoms with Crippen LogP contribution in [0.2, 0.25) is 0 Å². The summed E-state index contributed by atoms with van der Waals surface area (Å²) >= 11 is 0. The Balaban J connectivity index is 2.47. The molecule has 0 saturated heterocycles. The second-order valence-corrected chi connectivity index (χ2v) is 2.56. The summed E-state index contributed by atoms with van der Waals surface area (Å²) < 4.78 is 0. The highest BCUT2D eigenvalue weighted by Crippen LogP contribution is 1.99. The molecule has 0 N–H and O–H groups in total. The van der Waals surface area contributed by atoms with Crippen molar-refractivity contribution in [1.82, 2.24) is 0 Å². The minimum Gasteiger partial charge on any atom is -0.0845 e. The standard InChI is InChI=1S/C11H14/c1-2-4-6-8-10-11-9-7-5-3-1/h1-8H,9-11H2/b3-1-,4-2+,7-5?,8-6?. The molecule has 1 rings (SSSR count). The molecule has 58 valence electrons. The van der Waals surface area contributed by atoms with Crippen molar-refractivity contribution < 1.29 is 0 Å². The van der Waals surface area contributed by atoms with Gasteiger partial charge in [0.05, 0.1) is 0 Å². The molecular weight excluding hydrogens is 132 g/mol. The smallest absolute Gasteiger partial charge is 0.0345 e. The molecule has 0 aromatic heterocycles. The summed E-state index contributed by atoms with van der Waals surface area (Å²) in [5.41, 5.74) is 0. The van der Waals surface area contributed by atoms with Gasteiger partial charge in [0.1, 0.15) is 0 Å². The highest BCUT2D eigenvalue weighted by Gasteiger charge is 1.79. The zero-order valence-corrected chi connectivity index (χ0v) is 6.74. The fourth-order valence-electron chi connectivity index (χ4n) is 0.960. The third kappa shape index (κ3) is 4.38. The van der Waals surface area contributed by atoms with Gasteiger partial charge in [0, 0.05) is 0 Å². The largest absolute Gasteiger partial charge is 0.0845 e. The van der Waals surface area contributed by atoms with Crippen LogP contribution < -0.4 is 0 Å². The molecule has 0 atom stereocenters. The Hall–Kier alpha value is -1.04. The summed E-state index contributed by atoms with van der Waals surface area (Å²) in [7, 11) is 0. The van der Waals surface area contributed by atoms with Crippen LogP contribution in [0.4, 0.5) is 0 Å². The lowest BCUT2D eigenvalue weighted by Crippen LogP contribution is -1.67. The summed E-state index contributed by atoms with van der Waals surface area (Å²) in [6.07, 6.45) is 20.5. The molecule has 0 aromatic carbocycles. The van der Waals surface area contributed by atoms with Crippen LogP contribution in [-0.4, -0.2) is 0 Å². The number of rotatable bonds is 0. The molecule has 1 aliphatic carbocycles. The fourth-order valence-corrected chi connectivity index (χ4v) is 0.960. The zero-order chi connectivity index (χ0) is 7.78. The first kappa shape index (κ1) is 8.06. The van der Waals surface area contributed by atoms with E-state index in [1.54, 1.807) is 0 Å². The molecule has 0 spiro atoms. The van der Waals surface area contributed by atoms with Crippen molar-refractivity contribution >= 4 is 0 Å². The Kier molecular flexibility index (Phi) is 4.19. The summed E-state index contributed by atoms with van der Waals surface area (Å²) in [5, 5.41) is 0. The number of hydrogen-bond acceptors (Lipinski definition) is 0. The van der Waals surface area contributed by atoms with E-state index in [1.165, 1.54) is 19.3 Å². The van der Waals surface area contributed by atoms with Gasteiger partial charge in [-0.3, -0.25) is 0 Å². The van der Waals surface area contributed by atoms with Crippen LogP contribution >= 0.6 is 0 Å². The highest BCUT2D eigenvalue weighted by molar-refractivity contribution is 5.15. The van der Waals surface area contributed by atoms with Crippen molar-refractivity contribution in [2.75, 3.05) is 0 Å². The van der Waals surface area contributed by atoms with Gasteiger partial charge in [-0.05, 0) is 19.3 Å². The van der Waals surface area contributed by atoms with Gasteiger partial charge in [0.25, 0.3) is 0 Å². The average molecular weight is 146 g/mol. The first-order chi connectivity index (χ1) is 5.50. The van der Waals surface area contributed by atoms with Crippen LogP contribution in [-0.2, 0) is 0 Å². The van der Waals surface area contributed by atoms with Crippen molar-refractivity contribution in [1.29, 1.82) is 0 Å². The Morgan fingerprint density at radius 1 is 0.545 bits per heavy atom. The van der Waals surface area contributed by atoms with Crippen LogP contribution in [0.5, 0.6) is 0 Å². The lowest BCUT2D eigenvalue weighted by molar-refractivity contribution is 0.868. The van der Waals surface area contributed by atoms with E-state index < -0.39 is 0 Å². The van der Waals surface area contributed by atoms with Gasteiger partial charge in [-0.15, -0.1) is 0 Å². The molecule has 0 aliphatic heterocycles. The molecule has 1 aliphatic rings. The molecule has 0 aromatic rings. The van der Waals surface area contributed by atoms with Crippen molar-refractivity contribution in [2.24, 2.45) is 0 Å². The van der Waals surface area contributed by atoms with Gasteiger partial charge >= 0.3 is 0 Å². The van der Waals surface area contributed by atoms with Crippen LogP contribution in [0.25, 0.3) is 0 Å². The van der Waals surface area contributed by atoms with Crippen molar-refractivity contribution in [3.8, 4) is 0 Å². The fraction of sp³-hybridized carbons (Fsp3) is 0.273. The normalized spacial score (nSPS) is 24.0. The van der Waals surface area contributed by atoms with Crippen molar-refractivity contribution in [2.45, 2.75) is 19.3 Å². The monoisotopic (exact) mass is 146 g/mol. The maximum Gasteiger partial charge on any atom is -0.0345 e. The molecular formula is C11H14. The zero-order valence-electron chi connectivity index (χ0n) is 6.74. The Morgan fingerprint density at radius 3 is 1.55 bits per heavy atom. The minimum absolute atomic E-state index is 1.19. The maximum atomic E-state index is 2.21. The van der Waals surface area contributed by atoms with Gasteiger partial charge in [0.15, 0.2) is 0 Å². The molecule has 11 heavy (non-hydrogen) atoms.